The molecule has 1 aliphatic rings. The van der Waals surface area contributed by atoms with Crippen molar-refractivity contribution in [3.8, 4) is 0 Å². The lowest BCUT2D eigenvalue weighted by Crippen LogP contribution is -2.46. The molecule has 3 rings (SSSR count). The van der Waals surface area contributed by atoms with Crippen LogP contribution in [0.5, 0.6) is 0 Å². The van der Waals surface area contributed by atoms with Gasteiger partial charge < -0.3 is 26.1 Å². The maximum absolute atomic E-state index is 13.0. The number of fused-ring (bicyclic) bond motifs is 1. The Morgan fingerprint density at radius 3 is 3.03 bits per heavy atom. The van der Waals surface area contributed by atoms with Gasteiger partial charge >= 0.3 is 0 Å². The minimum atomic E-state index is -0.681. The van der Waals surface area contributed by atoms with Crippen molar-refractivity contribution in [1.82, 2.24) is 20.6 Å². The standard InChI is InChI=1S/C21H27N5O3S/c22-15(13-27)4-3-7-23-12-19(28)26-18(20(29)21-24-8-9-30-21)10-14-11-25-17-6-2-1-5-16(14)17/h2,6,8-9,11,13,15,18,23,25H,1,3-5,7,10,12,22H2,(H,26,28)/t15-,18?/m0/s1. The first-order chi connectivity index (χ1) is 14.6. The molecule has 30 heavy (non-hydrogen) atoms. The molecule has 0 aromatic carbocycles. The number of nitrogens with one attached hydrogen (secondary N) is 3. The summed E-state index contributed by atoms with van der Waals surface area (Å²) in [5, 5.41) is 8.03. The smallest absolute Gasteiger partial charge is 0.234 e. The quantitative estimate of drug-likeness (QED) is 0.228. The average molecular weight is 430 g/mol. The number of aromatic nitrogens is 2. The van der Waals surface area contributed by atoms with Crippen molar-refractivity contribution in [2.75, 3.05) is 13.1 Å². The molecule has 0 saturated heterocycles. The van der Waals surface area contributed by atoms with Gasteiger partial charge in [-0.05, 0) is 49.4 Å². The summed E-state index contributed by atoms with van der Waals surface area (Å²) in [5.41, 5.74) is 8.86. The van der Waals surface area contributed by atoms with Crippen LogP contribution in [0.1, 0.15) is 45.9 Å². The second-order valence-electron chi connectivity index (χ2n) is 7.29. The largest absolute Gasteiger partial charge is 0.361 e. The fourth-order valence-electron chi connectivity index (χ4n) is 3.47. The summed E-state index contributed by atoms with van der Waals surface area (Å²) in [5.74, 6) is -0.439. The molecular formula is C21H27N5O3S. The summed E-state index contributed by atoms with van der Waals surface area (Å²) in [6, 6.07) is -1.15. The molecule has 0 saturated carbocycles. The Morgan fingerprint density at radius 1 is 1.40 bits per heavy atom. The van der Waals surface area contributed by atoms with Crippen LogP contribution >= 0.6 is 11.3 Å². The Bertz CT molecular complexity index is 891. The SMILES string of the molecule is N[C@H](C=O)CCCNCC(=O)NC(Cc1c[nH]c2c1CCC=C2)C(=O)c1nccs1. The number of aromatic amines is 1. The number of ketones is 1. The van der Waals surface area contributed by atoms with Gasteiger partial charge in [-0.2, -0.15) is 0 Å². The zero-order chi connectivity index (χ0) is 21.3. The maximum Gasteiger partial charge on any atom is 0.234 e. The normalized spacial score (nSPS) is 14.7. The molecule has 8 nitrogen and oxygen atoms in total. The van der Waals surface area contributed by atoms with Crippen LogP contribution in [-0.4, -0.2) is 53.1 Å². The first-order valence-electron chi connectivity index (χ1n) is 10.1. The number of aldehydes is 1. The van der Waals surface area contributed by atoms with E-state index in [9.17, 15) is 14.4 Å². The fraction of sp³-hybridized carbons (Fsp3) is 0.429. The number of allylic oxidation sites excluding steroid dienone is 1. The van der Waals surface area contributed by atoms with Crippen molar-refractivity contribution in [2.24, 2.45) is 5.73 Å². The molecule has 0 spiro atoms. The molecule has 2 heterocycles. The Hall–Kier alpha value is -2.62. The molecule has 1 aliphatic carbocycles. The lowest BCUT2D eigenvalue weighted by molar-refractivity contribution is -0.120. The maximum atomic E-state index is 13.0. The number of rotatable bonds is 12. The van der Waals surface area contributed by atoms with Gasteiger partial charge in [0.1, 0.15) is 6.29 Å². The topological polar surface area (TPSA) is 130 Å². The van der Waals surface area contributed by atoms with Gasteiger partial charge in [0.2, 0.25) is 11.7 Å². The minimum absolute atomic E-state index is 0.0892. The summed E-state index contributed by atoms with van der Waals surface area (Å²) in [4.78, 5) is 43.3. The number of hydrogen-bond acceptors (Lipinski definition) is 7. The Kier molecular flexibility index (Phi) is 8.06. The van der Waals surface area contributed by atoms with Gasteiger partial charge in [-0.15, -0.1) is 11.3 Å². The van der Waals surface area contributed by atoms with E-state index in [1.54, 1.807) is 11.6 Å². The van der Waals surface area contributed by atoms with Gasteiger partial charge in [-0.25, -0.2) is 4.98 Å². The van der Waals surface area contributed by atoms with Crippen molar-refractivity contribution in [2.45, 2.75) is 44.2 Å². The van der Waals surface area contributed by atoms with Crippen molar-refractivity contribution < 1.29 is 14.4 Å². The molecule has 9 heteroatoms. The van der Waals surface area contributed by atoms with E-state index in [1.165, 1.54) is 16.9 Å². The first kappa shape index (κ1) is 22.1. The van der Waals surface area contributed by atoms with E-state index in [0.717, 1.165) is 30.4 Å². The van der Waals surface area contributed by atoms with Crippen LogP contribution in [0.25, 0.3) is 6.08 Å². The number of H-pyrrole nitrogens is 1. The van der Waals surface area contributed by atoms with Crippen LogP contribution in [0.2, 0.25) is 0 Å². The number of carbonyl (C=O) groups is 3. The molecule has 2 atom stereocenters. The highest BCUT2D eigenvalue weighted by Crippen LogP contribution is 2.24. The lowest BCUT2D eigenvalue weighted by atomic mass is 9.95. The summed E-state index contributed by atoms with van der Waals surface area (Å²) in [6.07, 6.45) is 12.0. The Morgan fingerprint density at radius 2 is 2.27 bits per heavy atom. The summed E-state index contributed by atoms with van der Waals surface area (Å²) < 4.78 is 0. The number of nitrogens with zero attached hydrogens (tertiary/aromatic N) is 1. The third kappa shape index (κ3) is 5.94. The molecular weight excluding hydrogens is 402 g/mol. The second kappa shape index (κ2) is 11.0. The molecule has 5 N–H and O–H groups in total. The van der Waals surface area contributed by atoms with Crippen molar-refractivity contribution in [3.05, 3.63) is 45.7 Å². The molecule has 0 bridgehead atoms. The highest BCUT2D eigenvalue weighted by atomic mass is 32.1. The summed E-state index contributed by atoms with van der Waals surface area (Å²) in [6.45, 7) is 0.656. The summed E-state index contributed by atoms with van der Waals surface area (Å²) >= 11 is 1.27. The number of thiazole rings is 1. The molecule has 0 radical (unpaired) electrons. The van der Waals surface area contributed by atoms with E-state index >= 15 is 0 Å². The third-order valence-electron chi connectivity index (χ3n) is 5.03. The zero-order valence-electron chi connectivity index (χ0n) is 16.7. The van der Waals surface area contributed by atoms with Gasteiger partial charge in [0.15, 0.2) is 5.01 Å². The van der Waals surface area contributed by atoms with E-state index < -0.39 is 12.1 Å². The van der Waals surface area contributed by atoms with E-state index in [1.807, 2.05) is 6.20 Å². The third-order valence-corrected chi connectivity index (χ3v) is 5.82. The predicted octanol–water partition coefficient (Wildman–Crippen LogP) is 1.24. The first-order valence-corrected chi connectivity index (χ1v) is 11.0. The minimum Gasteiger partial charge on any atom is -0.361 e. The van der Waals surface area contributed by atoms with Crippen molar-refractivity contribution >= 4 is 35.4 Å². The van der Waals surface area contributed by atoms with Crippen LogP contribution in [0.4, 0.5) is 0 Å². The highest BCUT2D eigenvalue weighted by Gasteiger charge is 2.26. The number of nitrogens with two attached hydrogens (primary N) is 1. The molecule has 1 amide bonds. The van der Waals surface area contributed by atoms with E-state index in [-0.39, 0.29) is 18.2 Å². The van der Waals surface area contributed by atoms with Crippen LogP contribution < -0.4 is 16.4 Å². The van der Waals surface area contributed by atoms with Crippen molar-refractivity contribution in [3.63, 3.8) is 0 Å². The van der Waals surface area contributed by atoms with Gasteiger partial charge in [0, 0.05) is 29.9 Å². The number of hydrogen-bond donors (Lipinski definition) is 4. The van der Waals surface area contributed by atoms with Gasteiger partial charge in [-0.1, -0.05) is 6.08 Å². The van der Waals surface area contributed by atoms with Crippen LogP contribution in [0, 0.1) is 0 Å². The molecule has 2 aromatic rings. The number of Topliss-reactive ketones (excluding diaryl/α,β-unsaturated/α-hetero) is 1. The molecule has 2 aromatic heterocycles. The monoisotopic (exact) mass is 429 g/mol. The van der Waals surface area contributed by atoms with Gasteiger partial charge in [0.05, 0.1) is 18.6 Å². The van der Waals surface area contributed by atoms with Crippen LogP contribution in [0.15, 0.2) is 23.8 Å². The average Bonchev–Trinajstić information content (AvgIpc) is 3.43. The van der Waals surface area contributed by atoms with Crippen molar-refractivity contribution in [1.29, 1.82) is 0 Å². The molecule has 160 valence electrons. The number of amides is 1. The van der Waals surface area contributed by atoms with Gasteiger partial charge in [0.25, 0.3) is 0 Å². The second-order valence-corrected chi connectivity index (χ2v) is 8.19. The lowest BCUT2D eigenvalue weighted by Gasteiger charge is -2.18. The predicted molar refractivity (Wildman–Crippen MR) is 116 cm³/mol. The Labute approximate surface area is 179 Å². The van der Waals surface area contributed by atoms with Crippen LogP contribution in [-0.2, 0) is 22.4 Å². The molecule has 0 fully saturated rings. The Balaban J connectivity index is 1.60. The zero-order valence-corrected chi connectivity index (χ0v) is 17.5. The molecule has 0 aliphatic heterocycles. The van der Waals surface area contributed by atoms with Gasteiger partial charge in [-0.3, -0.25) is 9.59 Å². The fourth-order valence-corrected chi connectivity index (χ4v) is 4.10. The van der Waals surface area contributed by atoms with E-state index in [0.29, 0.717) is 30.8 Å². The molecule has 1 unspecified atom stereocenters. The highest BCUT2D eigenvalue weighted by molar-refractivity contribution is 7.11. The van der Waals surface area contributed by atoms with E-state index in [4.69, 9.17) is 5.73 Å². The number of carbonyl (C=O) groups excluding carboxylic acids is 3. The van der Waals surface area contributed by atoms with Crippen LogP contribution in [0.3, 0.4) is 0 Å². The summed E-state index contributed by atoms with van der Waals surface area (Å²) in [7, 11) is 0. The van der Waals surface area contributed by atoms with E-state index in [2.05, 4.69) is 32.8 Å².